The lowest BCUT2D eigenvalue weighted by atomic mass is 10.5. The van der Waals surface area contributed by atoms with E-state index in [0.29, 0.717) is 19.7 Å². The van der Waals surface area contributed by atoms with E-state index in [1.165, 1.54) is 0 Å². The van der Waals surface area contributed by atoms with Crippen molar-refractivity contribution < 1.29 is 9.23 Å². The van der Waals surface area contributed by atoms with Crippen molar-refractivity contribution in [2.45, 2.75) is 6.42 Å². The number of nitrogens with zero attached hydrogens (tertiary/aromatic N) is 1. The van der Waals surface area contributed by atoms with Gasteiger partial charge in [-0.15, -0.1) is 0 Å². The summed E-state index contributed by atoms with van der Waals surface area (Å²) in [5.41, 5.74) is 2.64. The Labute approximate surface area is 61.1 Å². The molecule has 0 saturated carbocycles. The molecule has 0 atom stereocenters. The van der Waals surface area contributed by atoms with E-state index in [0.717, 1.165) is 0 Å². The molecule has 3 nitrogen and oxygen atoms in total. The lowest BCUT2D eigenvalue weighted by Gasteiger charge is -2.09. The van der Waals surface area contributed by atoms with Gasteiger partial charge in [-0.3, -0.25) is 14.1 Å². The standard InChI is InChI=1S/C6H15FN2O/c1-9(2)6-10-8-5-3-4-7/h8H,3-6H2,1-2H3. The Morgan fingerprint density at radius 1 is 1.50 bits per heavy atom. The Morgan fingerprint density at radius 2 is 2.20 bits per heavy atom. The molecule has 0 aromatic heterocycles. The van der Waals surface area contributed by atoms with Gasteiger partial charge in [0.15, 0.2) is 0 Å². The molecule has 0 fully saturated rings. The largest absolute Gasteiger partial charge is 0.286 e. The maximum Gasteiger partial charge on any atom is 0.120 e. The number of rotatable bonds is 6. The van der Waals surface area contributed by atoms with E-state index in [1.54, 1.807) is 0 Å². The van der Waals surface area contributed by atoms with Crippen LogP contribution in [0.4, 0.5) is 4.39 Å². The van der Waals surface area contributed by atoms with Gasteiger partial charge in [0.1, 0.15) is 6.73 Å². The third-order valence-corrected chi connectivity index (χ3v) is 0.837. The van der Waals surface area contributed by atoms with E-state index in [1.807, 2.05) is 19.0 Å². The summed E-state index contributed by atoms with van der Waals surface area (Å²) in [5, 5.41) is 0. The molecule has 0 aliphatic carbocycles. The average molecular weight is 150 g/mol. The molecular weight excluding hydrogens is 135 g/mol. The van der Waals surface area contributed by atoms with Gasteiger partial charge in [-0.25, -0.2) is 5.48 Å². The number of hydroxylamine groups is 1. The number of alkyl halides is 1. The predicted molar refractivity (Wildman–Crippen MR) is 38.2 cm³/mol. The van der Waals surface area contributed by atoms with Gasteiger partial charge in [-0.05, 0) is 20.5 Å². The smallest absolute Gasteiger partial charge is 0.120 e. The highest BCUT2D eigenvalue weighted by Gasteiger charge is 1.88. The van der Waals surface area contributed by atoms with Gasteiger partial charge in [0.2, 0.25) is 0 Å². The van der Waals surface area contributed by atoms with Gasteiger partial charge in [0.25, 0.3) is 0 Å². The first-order chi connectivity index (χ1) is 4.77. The average Bonchev–Trinajstić information content (AvgIpc) is 1.87. The summed E-state index contributed by atoms with van der Waals surface area (Å²) < 4.78 is 11.5. The highest BCUT2D eigenvalue weighted by molar-refractivity contribution is 4.33. The van der Waals surface area contributed by atoms with Crippen LogP contribution < -0.4 is 5.48 Å². The van der Waals surface area contributed by atoms with Crippen LogP contribution in [0.15, 0.2) is 0 Å². The summed E-state index contributed by atoms with van der Waals surface area (Å²) in [4.78, 5) is 6.78. The Balaban J connectivity index is 2.77. The Hall–Kier alpha value is -0.190. The SMILES string of the molecule is CN(C)CONCCCF. The summed E-state index contributed by atoms with van der Waals surface area (Å²) in [6.07, 6.45) is 0.507. The first kappa shape index (κ1) is 9.81. The fourth-order valence-electron chi connectivity index (χ4n) is 0.386. The topological polar surface area (TPSA) is 24.5 Å². The zero-order chi connectivity index (χ0) is 7.82. The molecule has 62 valence electrons. The van der Waals surface area contributed by atoms with Crippen LogP contribution in [0.5, 0.6) is 0 Å². The molecule has 0 spiro atoms. The van der Waals surface area contributed by atoms with Crippen LogP contribution >= 0.6 is 0 Å². The van der Waals surface area contributed by atoms with Crippen molar-refractivity contribution in [3.63, 3.8) is 0 Å². The zero-order valence-electron chi connectivity index (χ0n) is 6.56. The second-order valence-corrected chi connectivity index (χ2v) is 2.29. The second kappa shape index (κ2) is 6.92. The predicted octanol–water partition coefficient (Wildman–Crippen LogP) is 0.386. The molecule has 0 aliphatic heterocycles. The third-order valence-electron chi connectivity index (χ3n) is 0.837. The summed E-state index contributed by atoms with van der Waals surface area (Å²) in [7, 11) is 3.80. The molecule has 0 rings (SSSR count). The summed E-state index contributed by atoms with van der Waals surface area (Å²) in [6.45, 7) is 0.801. The highest BCUT2D eigenvalue weighted by Crippen LogP contribution is 1.78. The summed E-state index contributed by atoms with van der Waals surface area (Å²) in [5.74, 6) is 0. The van der Waals surface area contributed by atoms with Crippen LogP contribution in [0.1, 0.15) is 6.42 Å². The fraction of sp³-hybridized carbons (Fsp3) is 1.00. The summed E-state index contributed by atoms with van der Waals surface area (Å²) in [6, 6.07) is 0. The van der Waals surface area contributed by atoms with Crippen LogP contribution in [-0.2, 0) is 4.84 Å². The normalized spacial score (nSPS) is 10.8. The van der Waals surface area contributed by atoms with Crippen molar-refractivity contribution in [3.05, 3.63) is 0 Å². The molecule has 4 heteroatoms. The first-order valence-electron chi connectivity index (χ1n) is 3.32. The van der Waals surface area contributed by atoms with Crippen LogP contribution in [-0.4, -0.2) is 38.9 Å². The second-order valence-electron chi connectivity index (χ2n) is 2.29. The maximum absolute atomic E-state index is 11.5. The van der Waals surface area contributed by atoms with E-state index >= 15 is 0 Å². The quantitative estimate of drug-likeness (QED) is 0.337. The fourth-order valence-corrected chi connectivity index (χ4v) is 0.386. The Morgan fingerprint density at radius 3 is 2.70 bits per heavy atom. The third kappa shape index (κ3) is 7.81. The minimum absolute atomic E-state index is 0.293. The number of halogens is 1. The number of hydrogen-bond donors (Lipinski definition) is 1. The molecule has 0 aromatic carbocycles. The molecule has 10 heavy (non-hydrogen) atoms. The van der Waals surface area contributed by atoms with Gasteiger partial charge >= 0.3 is 0 Å². The van der Waals surface area contributed by atoms with Crippen molar-refractivity contribution in [1.82, 2.24) is 10.4 Å². The van der Waals surface area contributed by atoms with Gasteiger partial charge in [0, 0.05) is 6.54 Å². The minimum atomic E-state index is -0.293. The molecule has 0 saturated heterocycles. The maximum atomic E-state index is 11.5. The van der Waals surface area contributed by atoms with Crippen LogP contribution in [0, 0.1) is 0 Å². The van der Waals surface area contributed by atoms with Crippen LogP contribution in [0.2, 0.25) is 0 Å². The van der Waals surface area contributed by atoms with Crippen molar-refractivity contribution in [2.24, 2.45) is 0 Å². The molecule has 1 N–H and O–H groups in total. The van der Waals surface area contributed by atoms with E-state index in [-0.39, 0.29) is 6.67 Å². The lowest BCUT2D eigenvalue weighted by Crippen LogP contribution is -2.24. The van der Waals surface area contributed by atoms with Crippen molar-refractivity contribution in [1.29, 1.82) is 0 Å². The van der Waals surface area contributed by atoms with Crippen molar-refractivity contribution in [2.75, 3.05) is 34.0 Å². The van der Waals surface area contributed by atoms with Crippen molar-refractivity contribution >= 4 is 0 Å². The summed E-state index contributed by atoms with van der Waals surface area (Å²) >= 11 is 0. The van der Waals surface area contributed by atoms with Crippen molar-refractivity contribution in [3.8, 4) is 0 Å². The van der Waals surface area contributed by atoms with Crippen LogP contribution in [0.3, 0.4) is 0 Å². The number of hydrogen-bond acceptors (Lipinski definition) is 3. The van der Waals surface area contributed by atoms with Gasteiger partial charge in [0.05, 0.1) is 6.67 Å². The highest BCUT2D eigenvalue weighted by atomic mass is 19.1. The molecule has 0 amide bonds. The van der Waals surface area contributed by atoms with E-state index in [2.05, 4.69) is 5.48 Å². The molecule has 0 aliphatic rings. The minimum Gasteiger partial charge on any atom is -0.286 e. The number of nitrogens with one attached hydrogen (secondary N) is 1. The monoisotopic (exact) mass is 150 g/mol. The van der Waals surface area contributed by atoms with Crippen LogP contribution in [0.25, 0.3) is 0 Å². The zero-order valence-corrected chi connectivity index (χ0v) is 6.56. The molecule has 0 unspecified atom stereocenters. The Kier molecular flexibility index (Phi) is 6.79. The Bertz CT molecular complexity index is 70.8. The molecular formula is C6H15FN2O. The van der Waals surface area contributed by atoms with Gasteiger partial charge in [-0.1, -0.05) is 0 Å². The lowest BCUT2D eigenvalue weighted by molar-refractivity contribution is -0.0160. The molecule has 0 bridgehead atoms. The van der Waals surface area contributed by atoms with Gasteiger partial charge < -0.3 is 0 Å². The van der Waals surface area contributed by atoms with E-state index in [4.69, 9.17) is 4.84 Å². The van der Waals surface area contributed by atoms with E-state index in [9.17, 15) is 4.39 Å². The first-order valence-corrected chi connectivity index (χ1v) is 3.32. The van der Waals surface area contributed by atoms with Gasteiger partial charge in [-0.2, -0.15) is 0 Å². The van der Waals surface area contributed by atoms with E-state index < -0.39 is 0 Å². The molecule has 0 aromatic rings. The molecule has 0 radical (unpaired) electrons. The molecule has 0 heterocycles.